The van der Waals surface area contributed by atoms with Crippen LogP contribution in [-0.4, -0.2) is 16.2 Å². The highest BCUT2D eigenvalue weighted by atomic mass is 35.5. The molecule has 9 heavy (non-hydrogen) atoms. The molecule has 56 valence electrons. The third-order valence-electron chi connectivity index (χ3n) is 0.723. The standard InChI is InChI=1S/C5H10O2S.ClH/c1-2-3-4-8-5(6)7;/h2-4H2,1H3,(H,6,7);1H. The lowest BCUT2D eigenvalue weighted by Crippen LogP contribution is -1.85. The SMILES string of the molecule is CCCCSC(=O)O.Cl. The molecule has 1 N–H and O–H groups in total. The van der Waals surface area contributed by atoms with E-state index in [-0.39, 0.29) is 12.4 Å². The Kier molecular flexibility index (Phi) is 10.7. The summed E-state index contributed by atoms with van der Waals surface area (Å²) >= 11 is 0.972. The van der Waals surface area contributed by atoms with Crippen molar-refractivity contribution in [2.75, 3.05) is 5.75 Å². The zero-order valence-corrected chi connectivity index (χ0v) is 6.93. The van der Waals surface area contributed by atoms with E-state index >= 15 is 0 Å². The molecule has 0 saturated heterocycles. The Morgan fingerprint density at radius 3 is 2.56 bits per heavy atom. The Bertz CT molecular complexity index is 77.4. The zero-order chi connectivity index (χ0) is 6.41. The van der Waals surface area contributed by atoms with Crippen LogP contribution in [0, 0.1) is 0 Å². The fourth-order valence-electron chi connectivity index (χ4n) is 0.304. The minimum absolute atomic E-state index is 0. The van der Waals surface area contributed by atoms with Gasteiger partial charge in [0.05, 0.1) is 0 Å². The van der Waals surface area contributed by atoms with Crippen LogP contribution >= 0.6 is 24.2 Å². The molecule has 2 nitrogen and oxygen atoms in total. The zero-order valence-electron chi connectivity index (χ0n) is 5.29. The Labute approximate surface area is 65.4 Å². The molecular formula is C5H11ClO2S. The van der Waals surface area contributed by atoms with Gasteiger partial charge in [-0.1, -0.05) is 13.3 Å². The third kappa shape index (κ3) is 11.6. The number of hydrogen-bond acceptors (Lipinski definition) is 2. The molecule has 0 amide bonds. The summed E-state index contributed by atoms with van der Waals surface area (Å²) in [7, 11) is 0. The number of hydrogen-bond donors (Lipinski definition) is 1. The molecule has 0 aliphatic carbocycles. The van der Waals surface area contributed by atoms with Gasteiger partial charge in [0.15, 0.2) is 0 Å². The average Bonchev–Trinajstić information content (AvgIpc) is 1.66. The van der Waals surface area contributed by atoms with Crippen molar-refractivity contribution >= 4 is 29.5 Å². The van der Waals surface area contributed by atoms with E-state index in [0.717, 1.165) is 30.4 Å². The Morgan fingerprint density at radius 1 is 1.67 bits per heavy atom. The molecule has 0 aliphatic heterocycles. The first-order valence-corrected chi connectivity index (χ1v) is 3.61. The molecule has 0 aromatic heterocycles. The van der Waals surface area contributed by atoms with Crippen molar-refractivity contribution in [3.05, 3.63) is 0 Å². The van der Waals surface area contributed by atoms with Crippen molar-refractivity contribution in [2.45, 2.75) is 19.8 Å². The smallest absolute Gasteiger partial charge is 0.364 e. The largest absolute Gasteiger partial charge is 0.473 e. The lowest BCUT2D eigenvalue weighted by molar-refractivity contribution is 0.222. The molecule has 0 aliphatic rings. The van der Waals surface area contributed by atoms with Crippen molar-refractivity contribution < 1.29 is 9.90 Å². The highest BCUT2D eigenvalue weighted by Gasteiger charge is 1.93. The number of thioether (sulfide) groups is 1. The van der Waals surface area contributed by atoms with Gasteiger partial charge in [-0.05, 0) is 18.2 Å². The van der Waals surface area contributed by atoms with E-state index in [4.69, 9.17) is 5.11 Å². The van der Waals surface area contributed by atoms with Crippen LogP contribution in [0.4, 0.5) is 4.79 Å². The van der Waals surface area contributed by atoms with Crippen LogP contribution in [0.3, 0.4) is 0 Å². The summed E-state index contributed by atoms with van der Waals surface area (Å²) in [6, 6.07) is 0. The van der Waals surface area contributed by atoms with E-state index in [1.807, 2.05) is 6.92 Å². The number of unbranched alkanes of at least 4 members (excludes halogenated alkanes) is 1. The van der Waals surface area contributed by atoms with Crippen LogP contribution in [0.25, 0.3) is 0 Å². The van der Waals surface area contributed by atoms with Crippen LogP contribution in [0.2, 0.25) is 0 Å². The minimum atomic E-state index is -0.765. The van der Waals surface area contributed by atoms with Gasteiger partial charge in [0, 0.05) is 5.75 Å². The van der Waals surface area contributed by atoms with Crippen molar-refractivity contribution in [1.29, 1.82) is 0 Å². The van der Waals surface area contributed by atoms with Gasteiger partial charge in [-0.15, -0.1) is 12.4 Å². The Hall–Kier alpha value is 0.110. The van der Waals surface area contributed by atoms with Gasteiger partial charge in [-0.25, -0.2) is 4.79 Å². The first kappa shape index (κ1) is 11.9. The predicted molar refractivity (Wildman–Crippen MR) is 42.6 cm³/mol. The molecule has 0 bridgehead atoms. The molecule has 0 aromatic carbocycles. The summed E-state index contributed by atoms with van der Waals surface area (Å²) in [6.45, 7) is 2.04. The van der Waals surface area contributed by atoms with E-state index in [0.29, 0.717) is 0 Å². The lowest BCUT2D eigenvalue weighted by atomic mass is 10.4. The van der Waals surface area contributed by atoms with Gasteiger partial charge in [-0.3, -0.25) is 0 Å². The quantitative estimate of drug-likeness (QED) is 0.662. The molecule has 0 rings (SSSR count). The predicted octanol–water partition coefficient (Wildman–Crippen LogP) is 2.62. The lowest BCUT2D eigenvalue weighted by Gasteiger charge is -1.89. The fourth-order valence-corrected chi connectivity index (χ4v) is 0.911. The maximum absolute atomic E-state index is 9.84. The summed E-state index contributed by atoms with van der Waals surface area (Å²) in [6.07, 6.45) is 2.07. The molecule has 0 atom stereocenters. The summed E-state index contributed by atoms with van der Waals surface area (Å²) in [4.78, 5) is 9.84. The topological polar surface area (TPSA) is 37.3 Å². The van der Waals surface area contributed by atoms with E-state index in [1.165, 1.54) is 0 Å². The molecule has 0 saturated carbocycles. The summed E-state index contributed by atoms with van der Waals surface area (Å²) in [5.74, 6) is 0.742. The number of carboxylic acid groups (broad SMARTS) is 1. The Balaban J connectivity index is 0. The van der Waals surface area contributed by atoms with E-state index in [9.17, 15) is 4.79 Å². The second-order valence-corrected chi connectivity index (χ2v) is 2.51. The van der Waals surface area contributed by atoms with Crippen LogP contribution in [0.5, 0.6) is 0 Å². The molecule has 0 unspecified atom stereocenters. The maximum atomic E-state index is 9.84. The second-order valence-electron chi connectivity index (χ2n) is 1.47. The van der Waals surface area contributed by atoms with Crippen LogP contribution in [-0.2, 0) is 0 Å². The van der Waals surface area contributed by atoms with Gasteiger partial charge in [0.1, 0.15) is 0 Å². The number of halogens is 1. The van der Waals surface area contributed by atoms with Crippen LogP contribution < -0.4 is 0 Å². The van der Waals surface area contributed by atoms with Crippen LogP contribution in [0.1, 0.15) is 19.8 Å². The molecule has 0 radical (unpaired) electrons. The van der Waals surface area contributed by atoms with Gasteiger partial charge in [0.25, 0.3) is 0 Å². The van der Waals surface area contributed by atoms with Crippen molar-refractivity contribution in [3.8, 4) is 0 Å². The van der Waals surface area contributed by atoms with Crippen molar-refractivity contribution in [1.82, 2.24) is 0 Å². The molecule has 0 aromatic rings. The summed E-state index contributed by atoms with van der Waals surface area (Å²) in [5.41, 5.74) is 0. The van der Waals surface area contributed by atoms with E-state index < -0.39 is 5.30 Å². The van der Waals surface area contributed by atoms with E-state index in [2.05, 4.69) is 0 Å². The molecule has 0 spiro atoms. The Morgan fingerprint density at radius 2 is 2.22 bits per heavy atom. The van der Waals surface area contributed by atoms with Gasteiger partial charge in [0.2, 0.25) is 0 Å². The highest BCUT2D eigenvalue weighted by molar-refractivity contribution is 8.13. The van der Waals surface area contributed by atoms with Gasteiger partial charge >= 0.3 is 5.30 Å². The normalized spacial score (nSPS) is 8.11. The first-order valence-electron chi connectivity index (χ1n) is 2.63. The molecule has 4 heteroatoms. The van der Waals surface area contributed by atoms with Crippen LogP contribution in [0.15, 0.2) is 0 Å². The van der Waals surface area contributed by atoms with E-state index in [1.54, 1.807) is 0 Å². The highest BCUT2D eigenvalue weighted by Crippen LogP contribution is 2.03. The van der Waals surface area contributed by atoms with Crippen molar-refractivity contribution in [2.24, 2.45) is 0 Å². The fraction of sp³-hybridized carbons (Fsp3) is 0.800. The summed E-state index contributed by atoms with van der Waals surface area (Å²) < 4.78 is 0. The molecule has 0 fully saturated rings. The third-order valence-corrected chi connectivity index (χ3v) is 1.46. The first-order chi connectivity index (χ1) is 3.77. The number of carbonyl (C=O) groups is 1. The monoisotopic (exact) mass is 170 g/mol. The van der Waals surface area contributed by atoms with Gasteiger partial charge < -0.3 is 5.11 Å². The summed E-state index contributed by atoms with van der Waals surface area (Å²) in [5, 5.41) is 7.34. The number of rotatable bonds is 3. The maximum Gasteiger partial charge on any atom is 0.364 e. The van der Waals surface area contributed by atoms with Gasteiger partial charge in [-0.2, -0.15) is 0 Å². The minimum Gasteiger partial charge on any atom is -0.473 e. The second kappa shape index (κ2) is 8.11. The molecule has 0 heterocycles. The molecular weight excluding hydrogens is 160 g/mol. The average molecular weight is 171 g/mol. The van der Waals surface area contributed by atoms with Crippen molar-refractivity contribution in [3.63, 3.8) is 0 Å².